The van der Waals surface area contributed by atoms with Crippen molar-refractivity contribution in [1.29, 1.82) is 0 Å². The van der Waals surface area contributed by atoms with Crippen molar-refractivity contribution >= 4 is 5.78 Å². The van der Waals surface area contributed by atoms with Crippen molar-refractivity contribution in [2.75, 3.05) is 13.2 Å². The number of carbonyl (C=O) groups is 1. The molecule has 2 nitrogen and oxygen atoms in total. The van der Waals surface area contributed by atoms with E-state index in [1.807, 2.05) is 6.08 Å². The fourth-order valence-electron chi connectivity index (χ4n) is 3.20. The summed E-state index contributed by atoms with van der Waals surface area (Å²) in [4.78, 5) is 12.0. The highest BCUT2D eigenvalue weighted by Crippen LogP contribution is 2.36. The van der Waals surface area contributed by atoms with Crippen LogP contribution in [0.5, 0.6) is 0 Å². The van der Waals surface area contributed by atoms with Gasteiger partial charge in [0.15, 0.2) is 0 Å². The maximum Gasteiger partial charge on any atom is 0.136 e. The van der Waals surface area contributed by atoms with Gasteiger partial charge < -0.3 is 4.74 Å². The molecule has 0 unspecified atom stereocenters. The Morgan fingerprint density at radius 2 is 2.00 bits per heavy atom. The third kappa shape index (κ3) is 2.54. The summed E-state index contributed by atoms with van der Waals surface area (Å²) in [5, 5.41) is 0. The van der Waals surface area contributed by atoms with E-state index in [-0.39, 0.29) is 5.92 Å². The second-order valence-electron chi connectivity index (χ2n) is 5.08. The lowest BCUT2D eigenvalue weighted by Crippen LogP contribution is -2.33. The number of carbonyl (C=O) groups excluding carboxylic acids is 1. The van der Waals surface area contributed by atoms with Gasteiger partial charge in [-0.2, -0.15) is 0 Å². The van der Waals surface area contributed by atoms with Gasteiger partial charge in [-0.25, -0.2) is 0 Å². The smallest absolute Gasteiger partial charge is 0.136 e. The maximum absolute atomic E-state index is 12.0. The molecular formula is C14H22O2. The summed E-state index contributed by atoms with van der Waals surface area (Å²) in [6.07, 6.45) is 8.40. The molecule has 0 aromatic carbocycles. The third-order valence-corrected chi connectivity index (χ3v) is 4.15. The van der Waals surface area contributed by atoms with Gasteiger partial charge in [0, 0.05) is 25.6 Å². The predicted octanol–water partition coefficient (Wildman–Crippen LogP) is 2.97. The Morgan fingerprint density at radius 1 is 1.25 bits per heavy atom. The van der Waals surface area contributed by atoms with Gasteiger partial charge in [0.1, 0.15) is 5.78 Å². The Hall–Kier alpha value is -0.630. The van der Waals surface area contributed by atoms with Crippen LogP contribution in [0.25, 0.3) is 0 Å². The normalized spacial score (nSPS) is 30.0. The van der Waals surface area contributed by atoms with Gasteiger partial charge in [-0.15, -0.1) is 6.58 Å². The minimum absolute atomic E-state index is 0.259. The van der Waals surface area contributed by atoms with E-state index in [1.165, 1.54) is 6.42 Å². The lowest BCUT2D eigenvalue weighted by molar-refractivity contribution is -0.127. The van der Waals surface area contributed by atoms with E-state index in [4.69, 9.17) is 4.74 Å². The molecule has 1 heterocycles. The molecule has 1 saturated carbocycles. The van der Waals surface area contributed by atoms with Gasteiger partial charge >= 0.3 is 0 Å². The number of hydrogen-bond donors (Lipinski definition) is 0. The Bertz CT molecular complexity index is 253. The van der Waals surface area contributed by atoms with Gasteiger partial charge in [-0.05, 0) is 37.5 Å². The van der Waals surface area contributed by atoms with Crippen molar-refractivity contribution in [2.45, 2.75) is 38.5 Å². The lowest BCUT2D eigenvalue weighted by atomic mass is 9.71. The molecule has 0 N–H and O–H groups in total. The van der Waals surface area contributed by atoms with E-state index in [9.17, 15) is 4.79 Å². The highest BCUT2D eigenvalue weighted by atomic mass is 16.5. The first-order chi connectivity index (χ1) is 7.83. The molecule has 2 rings (SSSR count). The van der Waals surface area contributed by atoms with Crippen molar-refractivity contribution in [1.82, 2.24) is 0 Å². The summed E-state index contributed by atoms with van der Waals surface area (Å²) in [5.41, 5.74) is 0. The quantitative estimate of drug-likeness (QED) is 0.686. The zero-order valence-electron chi connectivity index (χ0n) is 9.99. The number of allylic oxidation sites excluding steroid dienone is 1. The van der Waals surface area contributed by atoms with Crippen LogP contribution < -0.4 is 0 Å². The van der Waals surface area contributed by atoms with E-state index in [2.05, 4.69) is 6.58 Å². The first kappa shape index (κ1) is 11.8. The van der Waals surface area contributed by atoms with Crippen LogP contribution in [0.15, 0.2) is 12.7 Å². The molecule has 90 valence electrons. The van der Waals surface area contributed by atoms with Gasteiger partial charge in [0.05, 0.1) is 0 Å². The van der Waals surface area contributed by atoms with Crippen molar-refractivity contribution < 1.29 is 9.53 Å². The van der Waals surface area contributed by atoms with Gasteiger partial charge in [0.25, 0.3) is 0 Å². The van der Waals surface area contributed by atoms with Crippen molar-refractivity contribution in [3.63, 3.8) is 0 Å². The Kier molecular flexibility index (Phi) is 4.16. The minimum atomic E-state index is 0.259. The number of rotatable bonds is 3. The summed E-state index contributed by atoms with van der Waals surface area (Å²) in [6, 6.07) is 0. The van der Waals surface area contributed by atoms with E-state index >= 15 is 0 Å². The predicted molar refractivity (Wildman–Crippen MR) is 64.2 cm³/mol. The Morgan fingerprint density at radius 3 is 2.62 bits per heavy atom. The molecule has 1 saturated heterocycles. The zero-order chi connectivity index (χ0) is 11.4. The molecule has 16 heavy (non-hydrogen) atoms. The number of ether oxygens (including phenoxy) is 1. The van der Waals surface area contributed by atoms with E-state index < -0.39 is 0 Å². The maximum atomic E-state index is 12.0. The summed E-state index contributed by atoms with van der Waals surface area (Å²) in [7, 11) is 0. The average Bonchev–Trinajstić information content (AvgIpc) is 2.34. The minimum Gasteiger partial charge on any atom is -0.381 e. The van der Waals surface area contributed by atoms with E-state index in [1.54, 1.807) is 0 Å². The largest absolute Gasteiger partial charge is 0.381 e. The number of ketones is 1. The highest BCUT2D eigenvalue weighted by Gasteiger charge is 2.33. The van der Waals surface area contributed by atoms with Crippen LogP contribution in [0.3, 0.4) is 0 Å². The van der Waals surface area contributed by atoms with E-state index in [0.29, 0.717) is 17.6 Å². The van der Waals surface area contributed by atoms with Crippen LogP contribution in [-0.4, -0.2) is 19.0 Å². The van der Waals surface area contributed by atoms with Crippen LogP contribution in [0.2, 0.25) is 0 Å². The SMILES string of the molecule is C=C[C@H](C1CCOCC1)[C@H]1CCCCC1=O. The molecule has 0 aromatic heterocycles. The fourth-order valence-corrected chi connectivity index (χ4v) is 3.20. The summed E-state index contributed by atoms with van der Waals surface area (Å²) in [6.45, 7) is 5.67. The second-order valence-corrected chi connectivity index (χ2v) is 5.08. The molecule has 0 aromatic rings. The first-order valence-electron chi connectivity index (χ1n) is 6.56. The van der Waals surface area contributed by atoms with Gasteiger partial charge in [-0.3, -0.25) is 4.79 Å². The second kappa shape index (κ2) is 5.62. The van der Waals surface area contributed by atoms with Gasteiger partial charge in [-0.1, -0.05) is 12.5 Å². The summed E-state index contributed by atoms with van der Waals surface area (Å²) in [5.74, 6) is 1.76. The summed E-state index contributed by atoms with van der Waals surface area (Å²) >= 11 is 0. The van der Waals surface area contributed by atoms with Gasteiger partial charge in [0.2, 0.25) is 0 Å². The van der Waals surface area contributed by atoms with Crippen molar-refractivity contribution in [3.8, 4) is 0 Å². The Balaban J connectivity index is 2.01. The monoisotopic (exact) mass is 222 g/mol. The molecule has 0 bridgehead atoms. The first-order valence-corrected chi connectivity index (χ1v) is 6.56. The Labute approximate surface area is 98.1 Å². The molecular weight excluding hydrogens is 200 g/mol. The van der Waals surface area contributed by atoms with E-state index in [0.717, 1.165) is 45.3 Å². The molecule has 2 aliphatic rings. The lowest BCUT2D eigenvalue weighted by Gasteiger charge is -2.35. The van der Waals surface area contributed by atoms with Crippen LogP contribution in [0, 0.1) is 17.8 Å². The highest BCUT2D eigenvalue weighted by molar-refractivity contribution is 5.82. The zero-order valence-corrected chi connectivity index (χ0v) is 9.99. The molecule has 0 amide bonds. The molecule has 2 heteroatoms. The molecule has 1 aliphatic carbocycles. The van der Waals surface area contributed by atoms with Crippen LogP contribution in [0.1, 0.15) is 38.5 Å². The molecule has 0 radical (unpaired) electrons. The molecule has 2 fully saturated rings. The number of Topliss-reactive ketones (excluding diaryl/α,β-unsaturated/α-hetero) is 1. The fraction of sp³-hybridized carbons (Fsp3) is 0.786. The van der Waals surface area contributed by atoms with Crippen LogP contribution in [-0.2, 0) is 9.53 Å². The van der Waals surface area contributed by atoms with Crippen LogP contribution in [0.4, 0.5) is 0 Å². The topological polar surface area (TPSA) is 26.3 Å². The number of hydrogen-bond acceptors (Lipinski definition) is 2. The third-order valence-electron chi connectivity index (χ3n) is 4.15. The standard InChI is InChI=1S/C14H22O2/c1-2-12(11-7-9-16-10-8-11)13-5-3-4-6-14(13)15/h2,11-13H,1,3-10H2/t12-,13-/m1/s1. The van der Waals surface area contributed by atoms with Crippen molar-refractivity contribution in [2.24, 2.45) is 17.8 Å². The molecule has 2 atom stereocenters. The molecule has 1 aliphatic heterocycles. The average molecular weight is 222 g/mol. The van der Waals surface area contributed by atoms with Crippen molar-refractivity contribution in [3.05, 3.63) is 12.7 Å². The van der Waals surface area contributed by atoms with Crippen LogP contribution >= 0.6 is 0 Å². The molecule has 0 spiro atoms. The summed E-state index contributed by atoms with van der Waals surface area (Å²) < 4.78 is 5.39.